The molecule has 2 aliphatic heterocycles. The normalized spacial score (nSPS) is 27.8. The molecule has 5 nitrogen and oxygen atoms in total. The SMILES string of the molecule is CC1(C(=O)N2CCN(c3nccs3)CC2)CCNC1. The number of hydrogen-bond donors (Lipinski definition) is 1. The van der Waals surface area contributed by atoms with Gasteiger partial charge in [-0.2, -0.15) is 0 Å². The number of rotatable bonds is 2. The summed E-state index contributed by atoms with van der Waals surface area (Å²) in [6.45, 7) is 7.27. The Kier molecular flexibility index (Phi) is 3.45. The van der Waals surface area contributed by atoms with Crippen LogP contribution < -0.4 is 10.2 Å². The molecule has 3 rings (SSSR count). The highest BCUT2D eigenvalue weighted by Crippen LogP contribution is 2.28. The Morgan fingerprint density at radius 1 is 1.42 bits per heavy atom. The number of nitrogens with zero attached hydrogens (tertiary/aromatic N) is 3. The molecule has 0 aliphatic carbocycles. The molecule has 0 radical (unpaired) electrons. The van der Waals surface area contributed by atoms with Crippen LogP contribution in [0.1, 0.15) is 13.3 Å². The lowest BCUT2D eigenvalue weighted by atomic mass is 9.88. The minimum atomic E-state index is -0.191. The second-order valence-electron chi connectivity index (χ2n) is 5.58. The quantitative estimate of drug-likeness (QED) is 0.870. The predicted octanol–water partition coefficient (Wildman–Crippen LogP) is 0.791. The maximum absolute atomic E-state index is 12.6. The third-order valence-corrected chi connectivity index (χ3v) is 4.97. The van der Waals surface area contributed by atoms with Crippen LogP contribution in [0, 0.1) is 5.41 Å². The Hall–Kier alpha value is -1.14. The average Bonchev–Trinajstić information content (AvgIpc) is 3.10. The lowest BCUT2D eigenvalue weighted by Gasteiger charge is -2.38. The Labute approximate surface area is 117 Å². The molecular formula is C13H20N4OS. The summed E-state index contributed by atoms with van der Waals surface area (Å²) < 4.78 is 0. The van der Waals surface area contributed by atoms with E-state index < -0.39 is 0 Å². The van der Waals surface area contributed by atoms with Crippen LogP contribution in [-0.2, 0) is 4.79 Å². The number of thiazole rings is 1. The molecule has 0 spiro atoms. The van der Waals surface area contributed by atoms with E-state index in [-0.39, 0.29) is 5.41 Å². The van der Waals surface area contributed by atoms with Gasteiger partial charge in [0.2, 0.25) is 5.91 Å². The van der Waals surface area contributed by atoms with Crippen molar-refractivity contribution in [2.24, 2.45) is 5.41 Å². The summed E-state index contributed by atoms with van der Waals surface area (Å²) in [5, 5.41) is 6.37. The van der Waals surface area contributed by atoms with E-state index in [2.05, 4.69) is 22.1 Å². The fourth-order valence-electron chi connectivity index (χ4n) is 2.85. The molecule has 1 aromatic rings. The van der Waals surface area contributed by atoms with Gasteiger partial charge in [-0.3, -0.25) is 4.79 Å². The predicted molar refractivity (Wildman–Crippen MR) is 76.5 cm³/mol. The average molecular weight is 280 g/mol. The van der Waals surface area contributed by atoms with Gasteiger partial charge in [-0.1, -0.05) is 0 Å². The number of aromatic nitrogens is 1. The van der Waals surface area contributed by atoms with Gasteiger partial charge in [0, 0.05) is 44.3 Å². The summed E-state index contributed by atoms with van der Waals surface area (Å²) in [5.74, 6) is 0.316. The summed E-state index contributed by atoms with van der Waals surface area (Å²) in [6.07, 6.45) is 2.79. The Bertz CT molecular complexity index is 434. The van der Waals surface area contributed by atoms with E-state index in [1.165, 1.54) is 0 Å². The molecule has 1 aromatic heterocycles. The highest BCUT2D eigenvalue weighted by molar-refractivity contribution is 7.13. The number of hydrogen-bond acceptors (Lipinski definition) is 5. The van der Waals surface area contributed by atoms with Crippen LogP contribution in [0.5, 0.6) is 0 Å². The van der Waals surface area contributed by atoms with Crippen molar-refractivity contribution >= 4 is 22.4 Å². The van der Waals surface area contributed by atoms with Gasteiger partial charge in [-0.15, -0.1) is 11.3 Å². The second-order valence-corrected chi connectivity index (χ2v) is 6.45. The van der Waals surface area contributed by atoms with Gasteiger partial charge in [0.1, 0.15) is 0 Å². The molecule has 6 heteroatoms. The summed E-state index contributed by atoms with van der Waals surface area (Å²) in [5.41, 5.74) is -0.191. The first-order chi connectivity index (χ1) is 9.19. The van der Waals surface area contributed by atoms with E-state index in [1.54, 1.807) is 11.3 Å². The number of carbonyl (C=O) groups excluding carboxylic acids is 1. The minimum absolute atomic E-state index is 0.191. The number of nitrogens with one attached hydrogen (secondary N) is 1. The third kappa shape index (κ3) is 2.47. The van der Waals surface area contributed by atoms with Crippen molar-refractivity contribution < 1.29 is 4.79 Å². The van der Waals surface area contributed by atoms with Crippen molar-refractivity contribution in [3.05, 3.63) is 11.6 Å². The number of anilines is 1. The standard InChI is InChI=1S/C13H20N4OS/c1-13(2-3-14-10-13)11(18)16-5-7-17(8-6-16)12-15-4-9-19-12/h4,9,14H,2-3,5-8,10H2,1H3. The zero-order chi connectivity index (χ0) is 13.3. The molecule has 3 heterocycles. The van der Waals surface area contributed by atoms with Crippen LogP contribution >= 0.6 is 11.3 Å². The molecule has 1 N–H and O–H groups in total. The minimum Gasteiger partial charge on any atom is -0.345 e. The fraction of sp³-hybridized carbons (Fsp3) is 0.692. The van der Waals surface area contributed by atoms with Gasteiger partial charge in [0.15, 0.2) is 5.13 Å². The fourth-order valence-corrected chi connectivity index (χ4v) is 3.55. The van der Waals surface area contributed by atoms with Crippen molar-refractivity contribution in [1.29, 1.82) is 0 Å². The molecule has 1 unspecified atom stereocenters. The summed E-state index contributed by atoms with van der Waals surface area (Å²) in [6, 6.07) is 0. The Morgan fingerprint density at radius 3 is 2.79 bits per heavy atom. The Balaban J connectivity index is 1.59. The van der Waals surface area contributed by atoms with Crippen molar-refractivity contribution in [3.63, 3.8) is 0 Å². The molecule has 2 aliphatic rings. The van der Waals surface area contributed by atoms with Gasteiger partial charge in [0.05, 0.1) is 5.41 Å². The molecule has 19 heavy (non-hydrogen) atoms. The van der Waals surface area contributed by atoms with Crippen LogP contribution in [0.25, 0.3) is 0 Å². The summed E-state index contributed by atoms with van der Waals surface area (Å²) in [4.78, 5) is 21.2. The number of amides is 1. The molecule has 1 amide bonds. The number of carbonyl (C=O) groups is 1. The zero-order valence-electron chi connectivity index (χ0n) is 11.3. The second kappa shape index (κ2) is 5.09. The van der Waals surface area contributed by atoms with Gasteiger partial charge in [0.25, 0.3) is 0 Å². The van der Waals surface area contributed by atoms with Crippen LogP contribution in [0.3, 0.4) is 0 Å². The molecular weight excluding hydrogens is 260 g/mol. The van der Waals surface area contributed by atoms with E-state index in [1.807, 2.05) is 16.5 Å². The number of piperazine rings is 1. The monoisotopic (exact) mass is 280 g/mol. The lowest BCUT2D eigenvalue weighted by molar-refractivity contribution is -0.140. The summed E-state index contributed by atoms with van der Waals surface area (Å²) in [7, 11) is 0. The first-order valence-electron chi connectivity index (χ1n) is 6.84. The van der Waals surface area contributed by atoms with Crippen molar-refractivity contribution in [3.8, 4) is 0 Å². The zero-order valence-corrected chi connectivity index (χ0v) is 12.1. The Morgan fingerprint density at radius 2 is 2.21 bits per heavy atom. The molecule has 2 fully saturated rings. The topological polar surface area (TPSA) is 48.5 Å². The highest BCUT2D eigenvalue weighted by Gasteiger charge is 2.39. The maximum Gasteiger partial charge on any atom is 0.229 e. The smallest absolute Gasteiger partial charge is 0.229 e. The molecule has 0 bridgehead atoms. The van der Waals surface area contributed by atoms with E-state index in [0.29, 0.717) is 5.91 Å². The molecule has 2 saturated heterocycles. The third-order valence-electron chi connectivity index (χ3n) is 4.14. The van der Waals surface area contributed by atoms with Crippen LogP contribution in [0.4, 0.5) is 5.13 Å². The molecule has 0 saturated carbocycles. The van der Waals surface area contributed by atoms with E-state index in [9.17, 15) is 4.79 Å². The van der Waals surface area contributed by atoms with E-state index >= 15 is 0 Å². The molecule has 1 atom stereocenters. The van der Waals surface area contributed by atoms with Crippen molar-refractivity contribution in [1.82, 2.24) is 15.2 Å². The van der Waals surface area contributed by atoms with Crippen LogP contribution in [0.2, 0.25) is 0 Å². The molecule has 0 aromatic carbocycles. The van der Waals surface area contributed by atoms with Gasteiger partial charge >= 0.3 is 0 Å². The first-order valence-corrected chi connectivity index (χ1v) is 7.72. The van der Waals surface area contributed by atoms with Crippen LogP contribution in [-0.4, -0.2) is 55.1 Å². The van der Waals surface area contributed by atoms with E-state index in [4.69, 9.17) is 0 Å². The molecule has 104 valence electrons. The highest BCUT2D eigenvalue weighted by atomic mass is 32.1. The van der Waals surface area contributed by atoms with Gasteiger partial charge < -0.3 is 15.1 Å². The largest absolute Gasteiger partial charge is 0.345 e. The first kappa shape index (κ1) is 12.9. The van der Waals surface area contributed by atoms with E-state index in [0.717, 1.165) is 50.8 Å². The van der Waals surface area contributed by atoms with Gasteiger partial charge in [-0.25, -0.2) is 4.98 Å². The maximum atomic E-state index is 12.6. The van der Waals surface area contributed by atoms with Crippen LogP contribution in [0.15, 0.2) is 11.6 Å². The van der Waals surface area contributed by atoms with Crippen molar-refractivity contribution in [2.75, 3.05) is 44.2 Å². The summed E-state index contributed by atoms with van der Waals surface area (Å²) >= 11 is 1.66. The van der Waals surface area contributed by atoms with Crippen molar-refractivity contribution in [2.45, 2.75) is 13.3 Å². The lowest BCUT2D eigenvalue weighted by Crippen LogP contribution is -2.53. The van der Waals surface area contributed by atoms with Gasteiger partial charge in [-0.05, 0) is 19.9 Å².